The zero-order valence-electron chi connectivity index (χ0n) is 7.38. The van der Waals surface area contributed by atoms with Gasteiger partial charge in [0.25, 0.3) is 0 Å². The topological polar surface area (TPSA) is 12.9 Å². The Balaban J connectivity index is 2.70. The number of aromatic nitrogens is 1. The van der Waals surface area contributed by atoms with Crippen LogP contribution in [-0.2, 0) is 12.7 Å². The molecule has 0 fully saturated rings. The molecule has 1 rings (SSSR count). The van der Waals surface area contributed by atoms with Crippen molar-refractivity contribution >= 4 is 6.98 Å². The molecular weight excluding hydrogens is 190 g/mol. The first kappa shape index (κ1) is 10.6. The molecule has 1 aromatic rings. The van der Waals surface area contributed by atoms with E-state index in [2.05, 4.69) is 10.9 Å². The van der Waals surface area contributed by atoms with Gasteiger partial charge in [0.1, 0.15) is 0 Å². The Kier molecular flexibility index (Phi) is 3.18. The maximum atomic E-state index is 12.0. The largest absolute Gasteiger partial charge is 0.482 e. The number of pyridine rings is 1. The van der Waals surface area contributed by atoms with E-state index in [4.69, 9.17) is 6.42 Å². The number of hydrogen-bond donors (Lipinski definition) is 0. The Morgan fingerprint density at radius 2 is 2.07 bits per heavy atom. The van der Waals surface area contributed by atoms with Gasteiger partial charge in [-0.15, -0.1) is 12.3 Å². The Bertz CT molecular complexity index is 337. The Morgan fingerprint density at radius 3 is 2.50 bits per heavy atom. The highest BCUT2D eigenvalue weighted by atomic mass is 19.4. The normalized spacial score (nSPS) is 11.0. The van der Waals surface area contributed by atoms with E-state index in [1.165, 1.54) is 18.3 Å². The molecule has 0 bridgehead atoms. The third kappa shape index (κ3) is 3.52. The third-order valence-electron chi connectivity index (χ3n) is 1.64. The maximum Gasteiger partial charge on any atom is 0.482 e. The SMILES string of the molecule is C#CCc1ccc(C[B-](F)(F)F)cn1. The summed E-state index contributed by atoms with van der Waals surface area (Å²) in [6, 6.07) is 2.94. The number of nitrogens with zero attached hydrogens (tertiary/aromatic N) is 1. The minimum absolute atomic E-state index is 0.179. The summed E-state index contributed by atoms with van der Waals surface area (Å²) >= 11 is 0. The van der Waals surface area contributed by atoms with Crippen molar-refractivity contribution in [2.75, 3.05) is 0 Å². The van der Waals surface area contributed by atoms with Crippen molar-refractivity contribution in [3.05, 3.63) is 29.6 Å². The molecule has 0 aromatic carbocycles. The van der Waals surface area contributed by atoms with Crippen LogP contribution in [0.25, 0.3) is 0 Å². The summed E-state index contributed by atoms with van der Waals surface area (Å²) in [5.74, 6) is 2.37. The van der Waals surface area contributed by atoms with Crippen LogP contribution in [0.15, 0.2) is 18.3 Å². The monoisotopic (exact) mass is 198 g/mol. The summed E-state index contributed by atoms with van der Waals surface area (Å²) in [5.41, 5.74) is 0.796. The highest BCUT2D eigenvalue weighted by Crippen LogP contribution is 2.15. The van der Waals surface area contributed by atoms with Gasteiger partial charge in [0.2, 0.25) is 0 Å². The molecule has 0 saturated carbocycles. The highest BCUT2D eigenvalue weighted by molar-refractivity contribution is 6.57. The molecular formula is C9H8BF3N-. The molecule has 1 nitrogen and oxygen atoms in total. The van der Waals surface area contributed by atoms with Crippen LogP contribution >= 0.6 is 0 Å². The van der Waals surface area contributed by atoms with Crippen LogP contribution in [0.2, 0.25) is 0 Å². The molecule has 0 unspecified atom stereocenters. The van der Waals surface area contributed by atoms with Crippen LogP contribution in [0.1, 0.15) is 11.3 Å². The van der Waals surface area contributed by atoms with Gasteiger partial charge >= 0.3 is 6.98 Å². The predicted octanol–water partition coefficient (Wildman–Crippen LogP) is 2.19. The smallest absolute Gasteiger partial charge is 0.449 e. The molecule has 0 atom stereocenters. The van der Waals surface area contributed by atoms with Gasteiger partial charge in [-0.1, -0.05) is 17.9 Å². The minimum Gasteiger partial charge on any atom is -0.449 e. The van der Waals surface area contributed by atoms with Crippen molar-refractivity contribution in [1.29, 1.82) is 0 Å². The van der Waals surface area contributed by atoms with Crippen molar-refractivity contribution in [1.82, 2.24) is 4.98 Å². The molecule has 1 heterocycles. The third-order valence-corrected chi connectivity index (χ3v) is 1.64. The number of hydrogen-bond acceptors (Lipinski definition) is 1. The number of rotatable bonds is 3. The van der Waals surface area contributed by atoms with E-state index in [9.17, 15) is 12.9 Å². The summed E-state index contributed by atoms with van der Waals surface area (Å²) in [5, 5.41) is 0. The lowest BCUT2D eigenvalue weighted by Crippen LogP contribution is -2.19. The van der Waals surface area contributed by atoms with Crippen LogP contribution in [0.5, 0.6) is 0 Å². The summed E-state index contributed by atoms with van der Waals surface area (Å²) in [7, 11) is 0. The fourth-order valence-corrected chi connectivity index (χ4v) is 1.05. The average Bonchev–Trinajstić information content (AvgIpc) is 2.06. The van der Waals surface area contributed by atoms with Gasteiger partial charge in [0, 0.05) is 6.20 Å². The maximum absolute atomic E-state index is 12.0. The molecule has 0 saturated heterocycles. The van der Waals surface area contributed by atoms with E-state index in [-0.39, 0.29) is 5.56 Å². The molecule has 1 aromatic heterocycles. The molecule has 0 radical (unpaired) electrons. The lowest BCUT2D eigenvalue weighted by molar-refractivity contribution is 0.468. The van der Waals surface area contributed by atoms with Crippen LogP contribution in [0.3, 0.4) is 0 Å². The Labute approximate surface area is 80.4 Å². The van der Waals surface area contributed by atoms with E-state index >= 15 is 0 Å². The zero-order chi connectivity index (χ0) is 10.6. The first-order valence-electron chi connectivity index (χ1n) is 4.09. The second-order valence-corrected chi connectivity index (χ2v) is 2.95. The molecule has 0 N–H and O–H groups in total. The van der Waals surface area contributed by atoms with E-state index in [0.29, 0.717) is 12.1 Å². The summed E-state index contributed by atoms with van der Waals surface area (Å²) in [4.78, 5) is 3.82. The van der Waals surface area contributed by atoms with E-state index < -0.39 is 13.3 Å². The fraction of sp³-hybridized carbons (Fsp3) is 0.222. The fourth-order valence-electron chi connectivity index (χ4n) is 1.05. The van der Waals surface area contributed by atoms with Crippen molar-refractivity contribution in [2.45, 2.75) is 12.7 Å². The van der Waals surface area contributed by atoms with Gasteiger partial charge in [-0.05, 0) is 6.07 Å². The summed E-state index contributed by atoms with van der Waals surface area (Å²) < 4.78 is 36.0. The van der Waals surface area contributed by atoms with E-state index in [0.717, 1.165) is 0 Å². The average molecular weight is 198 g/mol. The predicted molar refractivity (Wildman–Crippen MR) is 49.6 cm³/mol. The van der Waals surface area contributed by atoms with Crippen LogP contribution in [-0.4, -0.2) is 12.0 Å². The molecule has 5 heteroatoms. The molecule has 74 valence electrons. The van der Waals surface area contributed by atoms with Crippen LogP contribution in [0.4, 0.5) is 12.9 Å². The molecule has 0 aliphatic carbocycles. The Morgan fingerprint density at radius 1 is 1.36 bits per heavy atom. The van der Waals surface area contributed by atoms with Crippen LogP contribution < -0.4 is 0 Å². The van der Waals surface area contributed by atoms with Crippen molar-refractivity contribution in [2.24, 2.45) is 0 Å². The van der Waals surface area contributed by atoms with Crippen molar-refractivity contribution in [3.8, 4) is 12.3 Å². The van der Waals surface area contributed by atoms with Gasteiger partial charge in [0.15, 0.2) is 0 Å². The van der Waals surface area contributed by atoms with Gasteiger partial charge in [0.05, 0.1) is 12.1 Å². The molecule has 0 amide bonds. The second kappa shape index (κ2) is 4.18. The summed E-state index contributed by atoms with van der Waals surface area (Å²) in [6.45, 7) is -4.78. The minimum atomic E-state index is -4.78. The summed E-state index contributed by atoms with van der Waals surface area (Å²) in [6.07, 6.45) is 5.72. The lowest BCUT2D eigenvalue weighted by Gasteiger charge is -2.12. The highest BCUT2D eigenvalue weighted by Gasteiger charge is 2.22. The van der Waals surface area contributed by atoms with Gasteiger partial charge < -0.3 is 12.9 Å². The molecule has 14 heavy (non-hydrogen) atoms. The number of terminal acetylenes is 1. The van der Waals surface area contributed by atoms with Crippen molar-refractivity contribution < 1.29 is 12.9 Å². The zero-order valence-corrected chi connectivity index (χ0v) is 7.38. The molecule has 0 spiro atoms. The lowest BCUT2D eigenvalue weighted by atomic mass is 9.82. The standard InChI is InChI=1S/C9H8BF3N/c1-2-3-9-5-4-8(7-14-9)6-10(11,12)13/h1,4-5,7H,3,6H2/q-1. The van der Waals surface area contributed by atoms with Crippen LogP contribution in [0, 0.1) is 12.3 Å². The quantitative estimate of drug-likeness (QED) is 0.535. The molecule has 0 aliphatic rings. The van der Waals surface area contributed by atoms with Gasteiger partial charge in [-0.25, -0.2) is 0 Å². The Hall–Kier alpha value is -1.44. The second-order valence-electron chi connectivity index (χ2n) is 2.95. The first-order chi connectivity index (χ1) is 6.51. The van der Waals surface area contributed by atoms with Crippen molar-refractivity contribution in [3.63, 3.8) is 0 Å². The van der Waals surface area contributed by atoms with E-state index in [1.807, 2.05) is 0 Å². The van der Waals surface area contributed by atoms with E-state index in [1.54, 1.807) is 0 Å². The van der Waals surface area contributed by atoms with Gasteiger partial charge in [-0.2, -0.15) is 0 Å². The molecule has 0 aliphatic heterocycles. The number of halogens is 3. The first-order valence-corrected chi connectivity index (χ1v) is 4.09. The van der Waals surface area contributed by atoms with Gasteiger partial charge in [-0.3, -0.25) is 4.98 Å².